The van der Waals surface area contributed by atoms with Gasteiger partial charge in [0.15, 0.2) is 11.5 Å². The lowest BCUT2D eigenvalue weighted by Gasteiger charge is -2.37. The zero-order valence-corrected chi connectivity index (χ0v) is 17.9. The number of aromatic nitrogens is 2. The highest BCUT2D eigenvalue weighted by Gasteiger charge is 2.53. The Morgan fingerprint density at radius 2 is 1.93 bits per heavy atom. The molecule has 1 amide bonds. The molecule has 3 heterocycles. The van der Waals surface area contributed by atoms with Crippen LogP contribution >= 0.6 is 11.3 Å². The van der Waals surface area contributed by atoms with E-state index in [1.807, 2.05) is 31.2 Å². The molecule has 0 radical (unpaired) electrons. The van der Waals surface area contributed by atoms with E-state index in [2.05, 4.69) is 17.1 Å². The van der Waals surface area contributed by atoms with Crippen LogP contribution in [0.25, 0.3) is 0 Å². The summed E-state index contributed by atoms with van der Waals surface area (Å²) in [6, 6.07) is 6.87. The molecule has 30 heavy (non-hydrogen) atoms. The van der Waals surface area contributed by atoms with Crippen molar-refractivity contribution in [2.24, 2.45) is 11.8 Å². The van der Waals surface area contributed by atoms with Gasteiger partial charge in [0, 0.05) is 0 Å². The van der Waals surface area contributed by atoms with Gasteiger partial charge in [0.05, 0.1) is 24.6 Å². The number of carbonyl (C=O) groups is 2. The number of methoxy groups -OCH3 is 1. The van der Waals surface area contributed by atoms with E-state index in [0.29, 0.717) is 22.4 Å². The van der Waals surface area contributed by atoms with Crippen molar-refractivity contribution in [1.82, 2.24) is 10.2 Å². The monoisotopic (exact) mass is 425 g/mol. The molecule has 156 valence electrons. The van der Waals surface area contributed by atoms with Crippen LogP contribution < -0.4 is 9.64 Å². The number of carbonyl (C=O) groups excluding carboxylic acids is 2. The highest BCUT2D eigenvalue weighted by atomic mass is 32.1. The number of ketones is 1. The number of fused-ring (bicyclic) bond motifs is 1. The van der Waals surface area contributed by atoms with Crippen LogP contribution in [0.2, 0.25) is 0 Å². The number of Topliss-reactive ketones (excluding diaryl/α,β-unsaturated/α-hetero) is 1. The minimum absolute atomic E-state index is 0.0331. The van der Waals surface area contributed by atoms with E-state index in [1.165, 1.54) is 11.3 Å². The lowest BCUT2D eigenvalue weighted by Crippen LogP contribution is -2.41. The average Bonchev–Trinajstić information content (AvgIpc) is 3.30. The van der Waals surface area contributed by atoms with Gasteiger partial charge in [-0.2, -0.15) is 0 Å². The number of amides is 1. The number of hydrogen-bond donors (Lipinski definition) is 0. The minimum atomic E-state index is -0.573. The predicted octanol–water partition coefficient (Wildman–Crippen LogP) is 3.60. The molecule has 0 N–H and O–H groups in total. The summed E-state index contributed by atoms with van der Waals surface area (Å²) >= 11 is 1.33. The summed E-state index contributed by atoms with van der Waals surface area (Å²) in [5, 5.41) is 9.51. The number of ether oxygens (including phenoxy) is 2. The molecular formula is C22H23N3O4S. The molecule has 0 saturated heterocycles. The molecule has 4 atom stereocenters. The van der Waals surface area contributed by atoms with Gasteiger partial charge in [-0.15, -0.1) is 10.2 Å². The normalized spacial score (nSPS) is 28.3. The summed E-state index contributed by atoms with van der Waals surface area (Å²) in [5.74, 6) is 0.891. The van der Waals surface area contributed by atoms with Gasteiger partial charge in [0.2, 0.25) is 5.13 Å². The van der Waals surface area contributed by atoms with Crippen LogP contribution in [0.3, 0.4) is 0 Å². The third-order valence-electron chi connectivity index (χ3n) is 6.26. The molecule has 7 nitrogen and oxygen atoms in total. The first-order chi connectivity index (χ1) is 14.5. The SMILES string of the molecule is COc1ccc(C2C3=C(OC4CCC(C)CC4C3=O)C(=O)N2c2nnc(C)s2)cc1. The van der Waals surface area contributed by atoms with Gasteiger partial charge in [0.1, 0.15) is 16.9 Å². The van der Waals surface area contributed by atoms with Gasteiger partial charge in [-0.25, -0.2) is 0 Å². The Balaban J connectivity index is 1.63. The Bertz CT molecular complexity index is 1040. The maximum Gasteiger partial charge on any atom is 0.296 e. The largest absolute Gasteiger partial charge is 0.497 e. The van der Waals surface area contributed by atoms with Crippen LogP contribution in [0, 0.1) is 18.8 Å². The molecule has 1 fully saturated rings. The Kier molecular flexibility index (Phi) is 4.61. The quantitative estimate of drug-likeness (QED) is 0.747. The van der Waals surface area contributed by atoms with Gasteiger partial charge in [-0.3, -0.25) is 14.5 Å². The summed E-state index contributed by atoms with van der Waals surface area (Å²) in [5.41, 5.74) is 1.27. The van der Waals surface area contributed by atoms with Gasteiger partial charge >= 0.3 is 0 Å². The summed E-state index contributed by atoms with van der Waals surface area (Å²) in [4.78, 5) is 28.7. The fourth-order valence-corrected chi connectivity index (χ4v) is 5.47. The molecule has 0 spiro atoms. The number of aryl methyl sites for hydroxylation is 1. The van der Waals surface area contributed by atoms with Crippen molar-refractivity contribution in [3.8, 4) is 5.75 Å². The van der Waals surface area contributed by atoms with E-state index >= 15 is 0 Å². The predicted molar refractivity (Wildman–Crippen MR) is 111 cm³/mol. The molecule has 2 aliphatic heterocycles. The van der Waals surface area contributed by atoms with Crippen LogP contribution in [0.15, 0.2) is 35.6 Å². The standard InChI is InChI=1S/C22H23N3O4S/c1-11-4-9-16-15(10-11)19(26)17-18(13-5-7-14(28-3)8-6-13)25(21(27)20(17)29-16)22-24-23-12(2)30-22/h5-8,11,15-16,18H,4,9-10H2,1-3H3. The summed E-state index contributed by atoms with van der Waals surface area (Å²) in [7, 11) is 1.61. The second kappa shape index (κ2) is 7.19. The van der Waals surface area contributed by atoms with Crippen molar-refractivity contribution in [3.05, 3.63) is 46.2 Å². The molecule has 1 aliphatic carbocycles. The van der Waals surface area contributed by atoms with Gasteiger partial charge < -0.3 is 9.47 Å². The number of hydrogen-bond acceptors (Lipinski definition) is 7. The summed E-state index contributed by atoms with van der Waals surface area (Å²) in [6.45, 7) is 4.01. The lowest BCUT2D eigenvalue weighted by atomic mass is 9.74. The van der Waals surface area contributed by atoms with Crippen LogP contribution in [-0.2, 0) is 14.3 Å². The van der Waals surface area contributed by atoms with Crippen molar-refractivity contribution in [2.45, 2.75) is 45.3 Å². The molecule has 1 aromatic carbocycles. The van der Waals surface area contributed by atoms with E-state index < -0.39 is 6.04 Å². The zero-order valence-electron chi connectivity index (χ0n) is 17.1. The van der Waals surface area contributed by atoms with Crippen LogP contribution in [0.1, 0.15) is 42.8 Å². The van der Waals surface area contributed by atoms with Gasteiger partial charge in [-0.05, 0) is 49.8 Å². The molecule has 3 aliphatic rings. The number of benzene rings is 1. The summed E-state index contributed by atoms with van der Waals surface area (Å²) in [6.07, 6.45) is 2.38. The van der Waals surface area contributed by atoms with E-state index in [-0.39, 0.29) is 29.5 Å². The molecule has 2 aromatic rings. The molecule has 1 aromatic heterocycles. The Labute approximate surface area is 178 Å². The van der Waals surface area contributed by atoms with Crippen molar-refractivity contribution < 1.29 is 19.1 Å². The molecular weight excluding hydrogens is 402 g/mol. The number of rotatable bonds is 3. The highest BCUT2D eigenvalue weighted by molar-refractivity contribution is 7.15. The van der Waals surface area contributed by atoms with Crippen molar-refractivity contribution in [1.29, 1.82) is 0 Å². The topological polar surface area (TPSA) is 81.6 Å². The van der Waals surface area contributed by atoms with Gasteiger partial charge in [-0.1, -0.05) is 30.4 Å². The Morgan fingerprint density at radius 3 is 2.60 bits per heavy atom. The number of anilines is 1. The molecule has 5 rings (SSSR count). The van der Waals surface area contributed by atoms with Crippen LogP contribution in [0.5, 0.6) is 5.75 Å². The van der Waals surface area contributed by atoms with Crippen molar-refractivity contribution >= 4 is 28.2 Å². The zero-order chi connectivity index (χ0) is 21.0. The fourth-order valence-electron chi connectivity index (χ4n) is 4.76. The maximum absolute atomic E-state index is 13.6. The second-order valence-corrected chi connectivity index (χ2v) is 9.40. The molecule has 1 saturated carbocycles. The smallest absolute Gasteiger partial charge is 0.296 e. The van der Waals surface area contributed by atoms with E-state index in [1.54, 1.807) is 12.0 Å². The van der Waals surface area contributed by atoms with E-state index in [0.717, 1.165) is 29.8 Å². The molecule has 0 bridgehead atoms. The highest BCUT2D eigenvalue weighted by Crippen LogP contribution is 2.49. The first kappa shape index (κ1) is 19.2. The number of nitrogens with zero attached hydrogens (tertiary/aromatic N) is 3. The minimum Gasteiger partial charge on any atom is -0.497 e. The fraction of sp³-hybridized carbons (Fsp3) is 0.455. The van der Waals surface area contributed by atoms with E-state index in [4.69, 9.17) is 9.47 Å². The third-order valence-corrected chi connectivity index (χ3v) is 7.10. The van der Waals surface area contributed by atoms with E-state index in [9.17, 15) is 9.59 Å². The van der Waals surface area contributed by atoms with Gasteiger partial charge in [0.25, 0.3) is 5.91 Å². The summed E-state index contributed by atoms with van der Waals surface area (Å²) < 4.78 is 11.5. The Morgan fingerprint density at radius 1 is 1.17 bits per heavy atom. The first-order valence-corrected chi connectivity index (χ1v) is 11.0. The second-order valence-electron chi connectivity index (χ2n) is 8.24. The van der Waals surface area contributed by atoms with Crippen LogP contribution in [0.4, 0.5) is 5.13 Å². The third kappa shape index (κ3) is 2.93. The maximum atomic E-state index is 13.6. The van der Waals surface area contributed by atoms with Crippen LogP contribution in [-0.4, -0.2) is 35.1 Å². The average molecular weight is 426 g/mol. The van der Waals surface area contributed by atoms with Crippen molar-refractivity contribution in [2.75, 3.05) is 12.0 Å². The molecule has 8 heteroatoms. The Hall–Kier alpha value is -2.74. The first-order valence-electron chi connectivity index (χ1n) is 10.2. The van der Waals surface area contributed by atoms with Crippen molar-refractivity contribution in [3.63, 3.8) is 0 Å². The molecule has 4 unspecified atom stereocenters. The lowest BCUT2D eigenvalue weighted by molar-refractivity contribution is -0.132.